The zero-order valence-corrected chi connectivity index (χ0v) is 46.6. The van der Waals surface area contributed by atoms with Crippen molar-refractivity contribution in [2.75, 3.05) is 24.7 Å². The van der Waals surface area contributed by atoms with Crippen molar-refractivity contribution in [1.29, 1.82) is 0 Å². The van der Waals surface area contributed by atoms with Crippen LogP contribution in [0.2, 0.25) is 0 Å². The van der Waals surface area contributed by atoms with Crippen LogP contribution in [-0.2, 0) is 92.6 Å². The predicted octanol–water partition coefficient (Wildman–Crippen LogP) is 4.39. The third kappa shape index (κ3) is 14.1. The molecule has 3 aliphatic rings. The number of anilines is 1. The second-order valence-electron chi connectivity index (χ2n) is 21.0. The lowest BCUT2D eigenvalue weighted by Gasteiger charge is -2.31. The number of benzene rings is 4. The Morgan fingerprint density at radius 3 is 2.30 bits per heavy atom. The maximum Gasteiger partial charge on any atom is 0.399 e. The van der Waals surface area contributed by atoms with E-state index in [9.17, 15) is 51.7 Å². The summed E-state index contributed by atoms with van der Waals surface area (Å²) in [5.74, 6) is -3.32. The van der Waals surface area contributed by atoms with Gasteiger partial charge in [-0.05, 0) is 116 Å². The number of allylic oxidation sites excluding steroid dienone is 1. The van der Waals surface area contributed by atoms with Crippen molar-refractivity contribution in [3.05, 3.63) is 140 Å². The summed E-state index contributed by atoms with van der Waals surface area (Å²) in [6.45, 7) is 4.18. The number of para-hydroxylation sites is 1. The number of hydrogen-bond donors (Lipinski definition) is 7. The fraction of sp³-hybridized carbons (Fsp3) is 0.414. The molecule has 5 aromatic rings. The topological polar surface area (TPSA) is 300 Å². The van der Waals surface area contributed by atoms with Crippen LogP contribution >= 0.6 is 7.60 Å². The van der Waals surface area contributed by atoms with Gasteiger partial charge in [0.1, 0.15) is 24.7 Å². The Morgan fingerprint density at radius 2 is 1.60 bits per heavy atom. The highest BCUT2D eigenvalue weighted by Gasteiger charge is 2.50. The molecule has 4 aromatic carbocycles. The van der Waals surface area contributed by atoms with Crippen molar-refractivity contribution in [2.24, 2.45) is 12.8 Å². The van der Waals surface area contributed by atoms with Crippen molar-refractivity contribution in [3.8, 4) is 0 Å². The molecular weight excluding hydrogens is 1090 g/mol. The molecule has 0 spiro atoms. The maximum atomic E-state index is 14.4. The van der Waals surface area contributed by atoms with Crippen LogP contribution in [0.3, 0.4) is 0 Å². The fourth-order valence-corrected chi connectivity index (χ4v) is 11.1. The van der Waals surface area contributed by atoms with E-state index in [1.807, 2.05) is 60.7 Å². The van der Waals surface area contributed by atoms with Gasteiger partial charge in [0, 0.05) is 51.1 Å². The number of hydrogen-bond acceptors (Lipinski definition) is 11. The van der Waals surface area contributed by atoms with Crippen LogP contribution in [0.4, 0.5) is 14.5 Å². The fourth-order valence-electron chi connectivity index (χ4n) is 10.6. The van der Waals surface area contributed by atoms with Crippen molar-refractivity contribution in [1.82, 2.24) is 30.4 Å². The molecule has 1 aromatic heterocycles. The van der Waals surface area contributed by atoms with E-state index in [1.54, 1.807) is 14.0 Å². The predicted molar refractivity (Wildman–Crippen MR) is 298 cm³/mol. The highest BCUT2D eigenvalue weighted by molar-refractivity contribution is 7.52. The molecule has 1 fully saturated rings. The number of fused-ring (bicyclic) bond motifs is 1. The number of primary amides is 1. The highest BCUT2D eigenvalue weighted by atomic mass is 31.2. The smallest absolute Gasteiger partial charge is 0.372 e. The summed E-state index contributed by atoms with van der Waals surface area (Å²) in [5, 5.41) is 11.0. The van der Waals surface area contributed by atoms with Gasteiger partial charge in [-0.3, -0.25) is 57.5 Å². The molecule has 4 heterocycles. The van der Waals surface area contributed by atoms with E-state index >= 15 is 0 Å². The lowest BCUT2D eigenvalue weighted by molar-refractivity contribution is -0.136. The summed E-state index contributed by atoms with van der Waals surface area (Å²) in [6.07, 6.45) is 4.52. The number of imidazole rings is 1. The Morgan fingerprint density at radius 1 is 0.902 bits per heavy atom. The number of carbonyl (C=O) groups is 7. The molecule has 1 saturated heterocycles. The number of carbonyl (C=O) groups excluding carboxylic acids is 7. The lowest BCUT2D eigenvalue weighted by atomic mass is 10.0. The molecule has 0 bridgehead atoms. The molecule has 21 nitrogen and oxygen atoms in total. The van der Waals surface area contributed by atoms with Crippen molar-refractivity contribution in [2.45, 2.75) is 127 Å². The first-order valence-corrected chi connectivity index (χ1v) is 28.7. The molecule has 7 amide bonds. The van der Waals surface area contributed by atoms with Gasteiger partial charge in [0.2, 0.25) is 41.4 Å². The van der Waals surface area contributed by atoms with Crippen molar-refractivity contribution >= 4 is 71.2 Å². The number of piperidine rings is 1. The molecule has 436 valence electrons. The molecule has 0 aliphatic carbocycles. The monoisotopic (exact) mass is 1150 g/mol. The molecule has 82 heavy (non-hydrogen) atoms. The first kappa shape index (κ1) is 60.4. The van der Waals surface area contributed by atoms with Crippen molar-refractivity contribution < 1.29 is 66.2 Å². The normalized spacial score (nSPS) is 18.1. The van der Waals surface area contributed by atoms with E-state index in [0.717, 1.165) is 39.9 Å². The number of ether oxygens (including phenoxy) is 2. The molecule has 24 heteroatoms. The molecule has 0 saturated carbocycles. The number of nitrogens with zero attached hydrogens (tertiary/aromatic N) is 3. The average Bonchev–Trinajstić information content (AvgIpc) is 4.15. The second-order valence-corrected chi connectivity index (χ2v) is 22.7. The number of amides is 7. The average molecular weight is 1150 g/mol. The van der Waals surface area contributed by atoms with Gasteiger partial charge >= 0.3 is 18.9 Å². The standard InChI is InChI=1S/C58H67F2N8O13P/c1-34(39-16-19-42(20-17-39)58(59,60)82(77,78)79)29-51(71)63-44-21-18-40-9-4-10-41-31-48(68(53(40)41)56(44)75)55(74)64-43(22-25-49(61)69)35(2)81-32-38-13-11-36(12-14-38)7-5-27-62-52(72)33-80-28-6-8-37-15-23-45-47(30-37)66(3)57(76)67(45)46-24-26-50(70)65-54(46)73/h4,9-17,19-20,23,29-30,35,43-44,46,48H,5-8,18,21-22,24-28,31-33H2,1-3H3,(H2,61,69)(H,62,72)(H,63,71)(H,64,74)(H,65,70,73)(H2,77,78,79)/b34-29+/t35-,43+,44+,46?,48+/m1/s1. The Hall–Kier alpha value is -7.69. The Kier molecular flexibility index (Phi) is 19.2. The number of alkyl halides is 2. The van der Waals surface area contributed by atoms with Gasteiger partial charge in [-0.2, -0.15) is 8.78 Å². The van der Waals surface area contributed by atoms with Gasteiger partial charge in [-0.15, -0.1) is 0 Å². The number of halogens is 2. The molecule has 0 radical (unpaired) electrons. The molecule has 3 aliphatic heterocycles. The van der Waals surface area contributed by atoms with Gasteiger partial charge in [-0.25, -0.2) is 4.79 Å². The Bertz CT molecular complexity index is 3390. The highest BCUT2D eigenvalue weighted by Crippen LogP contribution is 2.59. The SMILES string of the molecule is C/C(=C\C(=O)N[C@H]1CCc2cccc3c2N(C1=O)[C@H](C(=O)N[C@@H](CCC(N)=O)[C@@H](C)OCc1ccc(CCCNC(=O)COCCCc2ccc4c(c2)n(C)c(=O)n4C2CCC(=O)NC2=O)cc1)C3)c1ccc(C(F)(F)P(=O)(O)O)cc1. The summed E-state index contributed by atoms with van der Waals surface area (Å²) in [4.78, 5) is 124. The summed E-state index contributed by atoms with van der Waals surface area (Å²) >= 11 is 0. The molecule has 1 unspecified atom stereocenters. The second kappa shape index (κ2) is 26.0. The van der Waals surface area contributed by atoms with E-state index in [4.69, 9.17) is 25.0 Å². The van der Waals surface area contributed by atoms with Gasteiger partial charge in [0.05, 0.1) is 35.5 Å². The number of imide groups is 1. The van der Waals surface area contributed by atoms with Crippen molar-refractivity contribution in [3.63, 3.8) is 0 Å². The van der Waals surface area contributed by atoms with Gasteiger partial charge in [0.15, 0.2) is 0 Å². The van der Waals surface area contributed by atoms with Gasteiger partial charge in [0.25, 0.3) is 0 Å². The summed E-state index contributed by atoms with van der Waals surface area (Å²) in [6, 6.07) is 19.5. The van der Waals surface area contributed by atoms with Crippen LogP contribution in [-0.4, -0.2) is 104 Å². The number of aromatic nitrogens is 2. The first-order chi connectivity index (χ1) is 39.0. The Labute approximate surface area is 471 Å². The first-order valence-electron chi connectivity index (χ1n) is 27.1. The third-order valence-electron chi connectivity index (χ3n) is 15.2. The summed E-state index contributed by atoms with van der Waals surface area (Å²) < 4.78 is 54.7. The van der Waals surface area contributed by atoms with Crippen LogP contribution in [0.15, 0.2) is 95.8 Å². The number of nitrogens with two attached hydrogens (primary N) is 1. The molecule has 8 N–H and O–H groups in total. The van der Waals surface area contributed by atoms with E-state index < -0.39 is 78.6 Å². The zero-order valence-electron chi connectivity index (χ0n) is 45.7. The van der Waals surface area contributed by atoms with E-state index in [2.05, 4.69) is 21.3 Å². The van der Waals surface area contributed by atoms with Crippen LogP contribution in [0.5, 0.6) is 0 Å². The van der Waals surface area contributed by atoms with Crippen LogP contribution in [0.25, 0.3) is 16.6 Å². The number of nitrogens with one attached hydrogen (secondary N) is 4. The summed E-state index contributed by atoms with van der Waals surface area (Å²) in [5.41, 5.74) is 6.88. The van der Waals surface area contributed by atoms with Gasteiger partial charge < -0.3 is 40.9 Å². The van der Waals surface area contributed by atoms with Crippen LogP contribution < -0.4 is 37.6 Å². The van der Waals surface area contributed by atoms with E-state index in [-0.39, 0.29) is 69.2 Å². The van der Waals surface area contributed by atoms with Gasteiger partial charge in [-0.1, -0.05) is 72.8 Å². The third-order valence-corrected chi connectivity index (χ3v) is 16.2. The maximum absolute atomic E-state index is 14.4. The quantitative estimate of drug-likeness (QED) is 0.0185. The van der Waals surface area contributed by atoms with E-state index in [0.29, 0.717) is 73.1 Å². The van der Waals surface area contributed by atoms with E-state index in [1.165, 1.54) is 39.2 Å². The summed E-state index contributed by atoms with van der Waals surface area (Å²) in [7, 11) is -4.14. The lowest BCUT2D eigenvalue weighted by Crippen LogP contribution is -2.56. The minimum absolute atomic E-state index is 0.0537. The van der Waals surface area contributed by atoms with Crippen LogP contribution in [0, 0.1) is 0 Å². The molecular formula is C58H67F2N8O13P. The minimum atomic E-state index is -5.79. The minimum Gasteiger partial charge on any atom is -0.372 e. The number of rotatable bonds is 25. The Balaban J connectivity index is 0.777. The number of aryl methyl sites for hydroxylation is 4. The molecule has 8 rings (SSSR count). The van der Waals surface area contributed by atoms with Crippen LogP contribution in [0.1, 0.15) is 104 Å². The largest absolute Gasteiger partial charge is 0.399 e. The zero-order chi connectivity index (χ0) is 59.0. The molecule has 5 atom stereocenters.